The molecular weight excluding hydrogens is 232 g/mol. The highest BCUT2D eigenvalue weighted by molar-refractivity contribution is 7.99. The minimum absolute atomic E-state index is 0.627. The van der Waals surface area contributed by atoms with E-state index in [1.807, 2.05) is 30.3 Å². The van der Waals surface area contributed by atoms with Crippen LogP contribution in [0.3, 0.4) is 0 Å². The van der Waals surface area contributed by atoms with Crippen molar-refractivity contribution in [3.05, 3.63) is 36.2 Å². The number of unbranched alkanes of at least 4 members (excludes halogenated alkanes) is 2. The summed E-state index contributed by atoms with van der Waals surface area (Å²) in [6.45, 7) is 2.19. The van der Waals surface area contributed by atoms with Gasteiger partial charge in [0.25, 0.3) is 5.22 Å². The second kappa shape index (κ2) is 6.45. The molecule has 1 aromatic carbocycles. The average molecular weight is 248 g/mol. The first-order valence-electron chi connectivity index (χ1n) is 5.94. The van der Waals surface area contributed by atoms with Crippen LogP contribution in [0.2, 0.25) is 0 Å². The fourth-order valence-electron chi connectivity index (χ4n) is 1.50. The number of aromatic nitrogens is 2. The summed E-state index contributed by atoms with van der Waals surface area (Å²) in [6.07, 6.45) is 4.42. The van der Waals surface area contributed by atoms with Gasteiger partial charge in [-0.3, -0.25) is 0 Å². The van der Waals surface area contributed by atoms with E-state index in [0.717, 1.165) is 23.6 Å². The number of nitrogens with zero attached hydrogens (tertiary/aromatic N) is 2. The topological polar surface area (TPSA) is 38.9 Å². The van der Waals surface area contributed by atoms with E-state index in [-0.39, 0.29) is 0 Å². The van der Waals surface area contributed by atoms with Gasteiger partial charge in [0.05, 0.1) is 0 Å². The van der Waals surface area contributed by atoms with Crippen molar-refractivity contribution in [2.75, 3.05) is 0 Å². The summed E-state index contributed by atoms with van der Waals surface area (Å²) in [6, 6.07) is 10.1. The molecule has 0 spiro atoms. The molecular formula is C13H16N2OS. The molecule has 0 atom stereocenters. The standard InChI is InChI=1S/C13H16N2OS/c1-2-3-5-10-12-14-15-13(16-12)17-11-8-6-4-7-9-11/h4,6-9H,2-3,5,10H2,1H3. The molecule has 0 saturated carbocycles. The van der Waals surface area contributed by atoms with Gasteiger partial charge in [0.15, 0.2) is 0 Å². The highest BCUT2D eigenvalue weighted by Gasteiger charge is 2.06. The van der Waals surface area contributed by atoms with E-state index in [1.165, 1.54) is 24.6 Å². The van der Waals surface area contributed by atoms with E-state index in [1.54, 1.807) is 0 Å². The Kier molecular flexibility index (Phi) is 4.62. The Morgan fingerprint density at radius 3 is 2.71 bits per heavy atom. The summed E-state index contributed by atoms with van der Waals surface area (Å²) < 4.78 is 5.57. The fraction of sp³-hybridized carbons (Fsp3) is 0.385. The van der Waals surface area contributed by atoms with Crippen LogP contribution < -0.4 is 0 Å². The Morgan fingerprint density at radius 1 is 1.12 bits per heavy atom. The monoisotopic (exact) mass is 248 g/mol. The van der Waals surface area contributed by atoms with Crippen LogP contribution in [-0.4, -0.2) is 10.2 Å². The number of benzene rings is 1. The predicted octanol–water partition coefficient (Wildman–Crippen LogP) is 3.95. The number of hydrogen-bond donors (Lipinski definition) is 0. The van der Waals surface area contributed by atoms with E-state index in [4.69, 9.17) is 4.42 Å². The second-order valence-electron chi connectivity index (χ2n) is 3.83. The van der Waals surface area contributed by atoms with Crippen molar-refractivity contribution in [3.63, 3.8) is 0 Å². The minimum Gasteiger partial charge on any atom is -0.416 e. The summed E-state index contributed by atoms with van der Waals surface area (Å²) in [5.41, 5.74) is 0. The van der Waals surface area contributed by atoms with Crippen molar-refractivity contribution in [1.82, 2.24) is 10.2 Å². The van der Waals surface area contributed by atoms with Gasteiger partial charge in [0.1, 0.15) is 0 Å². The second-order valence-corrected chi connectivity index (χ2v) is 4.86. The van der Waals surface area contributed by atoms with Gasteiger partial charge in [0, 0.05) is 11.3 Å². The zero-order chi connectivity index (χ0) is 11.9. The Morgan fingerprint density at radius 2 is 1.94 bits per heavy atom. The SMILES string of the molecule is CCCCCc1nnc(Sc2ccccc2)o1. The summed E-state index contributed by atoms with van der Waals surface area (Å²) in [5, 5.41) is 8.71. The summed E-state index contributed by atoms with van der Waals surface area (Å²) in [4.78, 5) is 1.12. The first kappa shape index (κ1) is 12.2. The van der Waals surface area contributed by atoms with E-state index in [9.17, 15) is 0 Å². The number of hydrogen-bond acceptors (Lipinski definition) is 4. The maximum atomic E-state index is 5.57. The van der Waals surface area contributed by atoms with Crippen LogP contribution in [0.4, 0.5) is 0 Å². The maximum Gasteiger partial charge on any atom is 0.281 e. The molecule has 0 aliphatic heterocycles. The predicted molar refractivity (Wildman–Crippen MR) is 68.1 cm³/mol. The van der Waals surface area contributed by atoms with Gasteiger partial charge in [0.2, 0.25) is 5.89 Å². The third-order valence-electron chi connectivity index (χ3n) is 2.39. The molecule has 3 nitrogen and oxygen atoms in total. The molecule has 0 bridgehead atoms. The molecule has 1 aromatic heterocycles. The molecule has 1 heterocycles. The lowest BCUT2D eigenvalue weighted by atomic mass is 10.2. The average Bonchev–Trinajstić information content (AvgIpc) is 2.79. The van der Waals surface area contributed by atoms with Gasteiger partial charge in [-0.15, -0.1) is 10.2 Å². The van der Waals surface area contributed by atoms with Crippen molar-refractivity contribution in [3.8, 4) is 0 Å². The van der Waals surface area contributed by atoms with Gasteiger partial charge < -0.3 is 4.42 Å². The molecule has 4 heteroatoms. The molecule has 0 fully saturated rings. The lowest BCUT2D eigenvalue weighted by molar-refractivity contribution is 0.407. The number of rotatable bonds is 6. The normalized spacial score (nSPS) is 10.6. The van der Waals surface area contributed by atoms with Gasteiger partial charge in [-0.1, -0.05) is 38.0 Å². The van der Waals surface area contributed by atoms with Crippen molar-refractivity contribution in [1.29, 1.82) is 0 Å². The molecule has 2 rings (SSSR count). The third kappa shape index (κ3) is 3.89. The minimum atomic E-state index is 0.627. The van der Waals surface area contributed by atoms with Gasteiger partial charge in [-0.2, -0.15) is 0 Å². The van der Waals surface area contributed by atoms with E-state index < -0.39 is 0 Å². The van der Waals surface area contributed by atoms with Crippen molar-refractivity contribution in [2.45, 2.75) is 42.7 Å². The first-order chi connectivity index (χ1) is 8.38. The Balaban J connectivity index is 1.90. The quantitative estimate of drug-likeness (QED) is 0.725. The molecule has 0 unspecified atom stereocenters. The summed E-state index contributed by atoms with van der Waals surface area (Å²) in [5.74, 6) is 0.747. The van der Waals surface area contributed by atoms with Crippen LogP contribution in [0.1, 0.15) is 32.1 Å². The van der Waals surface area contributed by atoms with Crippen LogP contribution in [0.25, 0.3) is 0 Å². The molecule has 2 aromatic rings. The van der Waals surface area contributed by atoms with E-state index in [2.05, 4.69) is 17.1 Å². The molecule has 0 aliphatic rings. The summed E-state index contributed by atoms with van der Waals surface area (Å²) in [7, 11) is 0. The highest BCUT2D eigenvalue weighted by atomic mass is 32.2. The van der Waals surface area contributed by atoms with Gasteiger partial charge >= 0.3 is 0 Å². The molecule has 90 valence electrons. The van der Waals surface area contributed by atoms with Gasteiger partial charge in [-0.05, 0) is 30.3 Å². The Labute approximate surface area is 106 Å². The van der Waals surface area contributed by atoms with Crippen molar-refractivity contribution in [2.24, 2.45) is 0 Å². The zero-order valence-electron chi connectivity index (χ0n) is 9.93. The first-order valence-corrected chi connectivity index (χ1v) is 6.75. The Bertz CT molecular complexity index is 442. The molecule has 0 aliphatic carbocycles. The lowest BCUT2D eigenvalue weighted by Crippen LogP contribution is -1.84. The molecule has 0 saturated heterocycles. The van der Waals surface area contributed by atoms with Crippen LogP contribution in [0.5, 0.6) is 0 Å². The summed E-state index contributed by atoms with van der Waals surface area (Å²) >= 11 is 1.51. The van der Waals surface area contributed by atoms with E-state index >= 15 is 0 Å². The highest BCUT2D eigenvalue weighted by Crippen LogP contribution is 2.26. The van der Waals surface area contributed by atoms with Crippen LogP contribution >= 0.6 is 11.8 Å². The molecule has 17 heavy (non-hydrogen) atoms. The fourth-order valence-corrected chi connectivity index (χ4v) is 2.21. The molecule has 0 radical (unpaired) electrons. The van der Waals surface area contributed by atoms with Crippen molar-refractivity contribution >= 4 is 11.8 Å². The van der Waals surface area contributed by atoms with Crippen molar-refractivity contribution < 1.29 is 4.42 Å². The van der Waals surface area contributed by atoms with Crippen LogP contribution in [-0.2, 0) is 6.42 Å². The molecule has 0 amide bonds. The van der Waals surface area contributed by atoms with E-state index in [0.29, 0.717) is 5.22 Å². The smallest absolute Gasteiger partial charge is 0.281 e. The maximum absolute atomic E-state index is 5.57. The van der Waals surface area contributed by atoms with Gasteiger partial charge in [-0.25, -0.2) is 0 Å². The van der Waals surface area contributed by atoms with Crippen LogP contribution in [0, 0.1) is 0 Å². The zero-order valence-corrected chi connectivity index (χ0v) is 10.7. The Hall–Kier alpha value is -1.29. The number of aryl methyl sites for hydroxylation is 1. The largest absolute Gasteiger partial charge is 0.416 e. The lowest BCUT2D eigenvalue weighted by Gasteiger charge is -1.94. The molecule has 0 N–H and O–H groups in total. The third-order valence-corrected chi connectivity index (χ3v) is 3.24. The van der Waals surface area contributed by atoms with Crippen LogP contribution in [0.15, 0.2) is 44.9 Å².